The van der Waals surface area contributed by atoms with Gasteiger partial charge in [0, 0.05) is 19.0 Å². The van der Waals surface area contributed by atoms with E-state index in [-0.39, 0.29) is 23.6 Å². The number of carbonyl (C=O) groups excluding carboxylic acids is 3. The summed E-state index contributed by atoms with van der Waals surface area (Å²) >= 11 is 0. The van der Waals surface area contributed by atoms with Crippen molar-refractivity contribution in [2.75, 3.05) is 19.6 Å². The minimum atomic E-state index is -0.711. The summed E-state index contributed by atoms with van der Waals surface area (Å²) in [7, 11) is 0. The minimum absolute atomic E-state index is 0.0432. The normalized spacial score (nSPS) is 31.4. The molecule has 1 aliphatic carbocycles. The third kappa shape index (κ3) is 4.25. The zero-order chi connectivity index (χ0) is 20.4. The van der Waals surface area contributed by atoms with Crippen molar-refractivity contribution in [3.8, 4) is 6.07 Å². The van der Waals surface area contributed by atoms with E-state index in [0.717, 1.165) is 45.1 Å². The zero-order valence-electron chi connectivity index (χ0n) is 16.9. The smallest absolute Gasteiger partial charge is 0.243 e. The third-order valence-electron chi connectivity index (χ3n) is 7.03. The summed E-state index contributed by atoms with van der Waals surface area (Å²) in [6.45, 7) is 2.05. The number of nitriles is 1. The fourth-order valence-electron chi connectivity index (χ4n) is 5.07. The van der Waals surface area contributed by atoms with Crippen molar-refractivity contribution in [1.29, 1.82) is 5.26 Å². The molecule has 1 saturated carbocycles. The van der Waals surface area contributed by atoms with E-state index in [1.807, 2.05) is 0 Å². The number of amides is 3. The van der Waals surface area contributed by atoms with Gasteiger partial charge in [-0.1, -0.05) is 12.8 Å². The fourth-order valence-corrected chi connectivity index (χ4v) is 5.07. The number of rotatable bonds is 7. The highest BCUT2D eigenvalue weighted by Gasteiger charge is 2.50. The second-order valence-electron chi connectivity index (χ2n) is 9.11. The Labute approximate surface area is 171 Å². The Morgan fingerprint density at radius 3 is 2.66 bits per heavy atom. The van der Waals surface area contributed by atoms with Crippen LogP contribution < -0.4 is 16.0 Å². The second-order valence-corrected chi connectivity index (χ2v) is 9.11. The van der Waals surface area contributed by atoms with Gasteiger partial charge in [0.15, 0.2) is 0 Å². The summed E-state index contributed by atoms with van der Waals surface area (Å²) in [5.41, 5.74) is -0.503. The van der Waals surface area contributed by atoms with E-state index >= 15 is 0 Å². The number of carbonyl (C=O) groups is 3. The molecule has 29 heavy (non-hydrogen) atoms. The van der Waals surface area contributed by atoms with E-state index in [9.17, 15) is 19.6 Å². The van der Waals surface area contributed by atoms with Gasteiger partial charge >= 0.3 is 0 Å². The molecule has 0 aromatic carbocycles. The lowest BCUT2D eigenvalue weighted by atomic mass is 9.87. The molecule has 3 N–H and O–H groups in total. The van der Waals surface area contributed by atoms with E-state index in [2.05, 4.69) is 22.0 Å². The number of likely N-dealkylation sites (tertiary alicyclic amines) is 1. The van der Waals surface area contributed by atoms with Crippen LogP contribution in [-0.2, 0) is 14.4 Å². The SMILES string of the molecule is N#C[C@H](C[C@@H]1CCNC1=O)NC(=O)[C@H](CC1CC1)N1CCC2(CCCCN2)C1=O. The van der Waals surface area contributed by atoms with Gasteiger partial charge in [-0.15, -0.1) is 0 Å². The Morgan fingerprint density at radius 1 is 1.21 bits per heavy atom. The molecule has 4 rings (SSSR count). The molecule has 8 heteroatoms. The largest absolute Gasteiger partial charge is 0.356 e. The zero-order valence-corrected chi connectivity index (χ0v) is 16.9. The minimum Gasteiger partial charge on any atom is -0.356 e. The van der Waals surface area contributed by atoms with E-state index in [4.69, 9.17) is 0 Å². The lowest BCUT2D eigenvalue weighted by Crippen LogP contribution is -2.57. The van der Waals surface area contributed by atoms with Gasteiger partial charge in [-0.25, -0.2) is 0 Å². The topological polar surface area (TPSA) is 114 Å². The molecule has 0 aromatic heterocycles. The highest BCUT2D eigenvalue weighted by atomic mass is 16.2. The summed E-state index contributed by atoms with van der Waals surface area (Å²) in [6, 6.07) is 0.903. The van der Waals surface area contributed by atoms with Gasteiger partial charge in [0.2, 0.25) is 17.7 Å². The van der Waals surface area contributed by atoms with Crippen molar-refractivity contribution in [3.63, 3.8) is 0 Å². The molecule has 158 valence electrons. The van der Waals surface area contributed by atoms with Crippen LogP contribution in [0, 0.1) is 23.2 Å². The molecule has 0 bridgehead atoms. The molecule has 0 aromatic rings. The van der Waals surface area contributed by atoms with Gasteiger partial charge < -0.3 is 20.9 Å². The molecule has 3 saturated heterocycles. The average molecular weight is 402 g/mol. The monoisotopic (exact) mass is 401 g/mol. The molecule has 3 heterocycles. The first-order valence-corrected chi connectivity index (χ1v) is 11.1. The molecule has 8 nitrogen and oxygen atoms in total. The first kappa shape index (κ1) is 20.1. The predicted molar refractivity (Wildman–Crippen MR) is 105 cm³/mol. The van der Waals surface area contributed by atoms with Gasteiger partial charge in [-0.2, -0.15) is 5.26 Å². The molecule has 3 amide bonds. The maximum absolute atomic E-state index is 13.3. The Kier molecular flexibility index (Phi) is 5.77. The summed E-state index contributed by atoms with van der Waals surface area (Å²) in [5, 5.41) is 18.6. The maximum Gasteiger partial charge on any atom is 0.243 e. The van der Waals surface area contributed by atoms with E-state index in [1.165, 1.54) is 0 Å². The van der Waals surface area contributed by atoms with Gasteiger partial charge in [0.25, 0.3) is 0 Å². The van der Waals surface area contributed by atoms with Crippen molar-refractivity contribution in [1.82, 2.24) is 20.9 Å². The van der Waals surface area contributed by atoms with Gasteiger partial charge in [-0.3, -0.25) is 14.4 Å². The van der Waals surface area contributed by atoms with Crippen molar-refractivity contribution in [2.45, 2.75) is 75.4 Å². The molecule has 3 aliphatic heterocycles. The third-order valence-corrected chi connectivity index (χ3v) is 7.03. The summed E-state index contributed by atoms with van der Waals surface area (Å²) in [4.78, 5) is 40.0. The average Bonchev–Trinajstić information content (AvgIpc) is 3.40. The fraction of sp³-hybridized carbons (Fsp3) is 0.810. The van der Waals surface area contributed by atoms with Crippen LogP contribution in [0.4, 0.5) is 0 Å². The molecule has 4 atom stereocenters. The standard InChI is InChI=1S/C21H31N5O3/c22-13-16(12-15-5-9-23-18(15)27)25-19(28)17(11-14-3-4-14)26-10-7-21(20(26)29)6-1-2-8-24-21/h14-17,24H,1-12H2,(H,23,27)(H,25,28)/t15-,16-,17-,21?/m0/s1. The van der Waals surface area contributed by atoms with E-state index in [1.54, 1.807) is 4.90 Å². The maximum atomic E-state index is 13.3. The molecule has 0 radical (unpaired) electrons. The first-order valence-electron chi connectivity index (χ1n) is 11.1. The second kappa shape index (κ2) is 8.31. The lowest BCUT2D eigenvalue weighted by molar-refractivity contribution is -0.142. The van der Waals surface area contributed by atoms with Crippen LogP contribution in [0.2, 0.25) is 0 Å². The van der Waals surface area contributed by atoms with E-state index < -0.39 is 17.6 Å². The first-order chi connectivity index (χ1) is 14.0. The Morgan fingerprint density at radius 2 is 2.03 bits per heavy atom. The van der Waals surface area contributed by atoms with Crippen LogP contribution in [0.25, 0.3) is 0 Å². The van der Waals surface area contributed by atoms with Crippen LogP contribution in [0.15, 0.2) is 0 Å². The Bertz CT molecular complexity index is 708. The highest BCUT2D eigenvalue weighted by Crippen LogP contribution is 2.38. The molecule has 4 fully saturated rings. The molecule has 1 unspecified atom stereocenters. The van der Waals surface area contributed by atoms with Crippen molar-refractivity contribution < 1.29 is 14.4 Å². The number of hydrogen-bond donors (Lipinski definition) is 3. The molecular weight excluding hydrogens is 370 g/mol. The summed E-state index contributed by atoms with van der Waals surface area (Å²) in [6.07, 6.45) is 7.56. The Hall–Kier alpha value is -2.14. The van der Waals surface area contributed by atoms with Gasteiger partial charge in [0.05, 0.1) is 11.6 Å². The number of hydrogen-bond acceptors (Lipinski definition) is 5. The van der Waals surface area contributed by atoms with Gasteiger partial charge in [0.1, 0.15) is 12.1 Å². The van der Waals surface area contributed by atoms with Crippen LogP contribution >= 0.6 is 0 Å². The van der Waals surface area contributed by atoms with Crippen molar-refractivity contribution in [2.24, 2.45) is 11.8 Å². The van der Waals surface area contributed by atoms with E-state index in [0.29, 0.717) is 38.3 Å². The summed E-state index contributed by atoms with van der Waals surface area (Å²) in [5.74, 6) is -0.000623. The van der Waals surface area contributed by atoms with Crippen LogP contribution in [0.3, 0.4) is 0 Å². The van der Waals surface area contributed by atoms with Crippen LogP contribution in [0.5, 0.6) is 0 Å². The van der Waals surface area contributed by atoms with Crippen LogP contribution in [0.1, 0.15) is 57.8 Å². The predicted octanol–water partition coefficient (Wildman–Crippen LogP) is 0.434. The molecular formula is C21H31N5O3. The van der Waals surface area contributed by atoms with Crippen LogP contribution in [-0.4, -0.2) is 59.9 Å². The van der Waals surface area contributed by atoms with Crippen molar-refractivity contribution in [3.05, 3.63) is 0 Å². The highest BCUT2D eigenvalue weighted by molar-refractivity contribution is 5.94. The quantitative estimate of drug-likeness (QED) is 0.573. The lowest BCUT2D eigenvalue weighted by Gasteiger charge is -2.35. The number of nitrogens with one attached hydrogen (secondary N) is 3. The van der Waals surface area contributed by atoms with Gasteiger partial charge in [-0.05, 0) is 57.4 Å². The molecule has 4 aliphatic rings. The van der Waals surface area contributed by atoms with Crippen molar-refractivity contribution >= 4 is 17.7 Å². The Balaban J connectivity index is 1.43. The summed E-state index contributed by atoms with van der Waals surface area (Å²) < 4.78 is 0. The number of nitrogens with zero attached hydrogens (tertiary/aromatic N) is 2. The molecule has 1 spiro atoms. The number of piperidine rings is 1.